The summed E-state index contributed by atoms with van der Waals surface area (Å²) in [5.41, 5.74) is 3.94. The van der Waals surface area contributed by atoms with Crippen molar-refractivity contribution in [1.82, 2.24) is 20.2 Å². The van der Waals surface area contributed by atoms with Gasteiger partial charge in [0.25, 0.3) is 5.91 Å². The molecule has 2 heterocycles. The Hall–Kier alpha value is -4.08. The first-order chi connectivity index (χ1) is 21.3. The third-order valence-corrected chi connectivity index (χ3v) is 8.80. The van der Waals surface area contributed by atoms with Gasteiger partial charge in [-0.2, -0.15) is 0 Å². The number of carbonyl (C=O) groups is 2. The summed E-state index contributed by atoms with van der Waals surface area (Å²) in [6.45, 7) is 4.78. The fourth-order valence-corrected chi connectivity index (χ4v) is 6.11. The van der Waals surface area contributed by atoms with Gasteiger partial charge in [0.2, 0.25) is 11.5 Å². The van der Waals surface area contributed by atoms with Gasteiger partial charge in [0, 0.05) is 34.5 Å². The Bertz CT molecular complexity index is 1580. The van der Waals surface area contributed by atoms with E-state index in [4.69, 9.17) is 25.8 Å². The van der Waals surface area contributed by atoms with E-state index in [0.29, 0.717) is 45.8 Å². The molecule has 4 aromatic rings. The number of nitrogens with zero attached hydrogens (tertiary/aromatic N) is 2. The maximum atomic E-state index is 13.4. The van der Waals surface area contributed by atoms with Crippen LogP contribution in [0.15, 0.2) is 54.6 Å². The van der Waals surface area contributed by atoms with E-state index >= 15 is 0 Å². The van der Waals surface area contributed by atoms with Gasteiger partial charge < -0.3 is 29.4 Å². The Morgan fingerprint density at radius 1 is 1.02 bits per heavy atom. The van der Waals surface area contributed by atoms with Crippen molar-refractivity contribution < 1.29 is 23.8 Å². The molecule has 5 rings (SSSR count). The molecular formula is C34H39ClN4O5. The van der Waals surface area contributed by atoms with Crippen LogP contribution in [0.5, 0.6) is 17.2 Å². The molecule has 1 aromatic heterocycles. The lowest BCUT2D eigenvalue weighted by Crippen LogP contribution is -2.38. The first-order valence-electron chi connectivity index (χ1n) is 14.9. The number of methoxy groups -OCH3 is 3. The number of aromatic amines is 1. The van der Waals surface area contributed by atoms with Gasteiger partial charge in [0.1, 0.15) is 0 Å². The Balaban J connectivity index is 1.22. The number of nitrogens with one attached hydrogen (secondary N) is 2. The van der Waals surface area contributed by atoms with E-state index in [2.05, 4.69) is 20.2 Å². The number of halogens is 1. The molecule has 0 spiro atoms. The highest BCUT2D eigenvalue weighted by molar-refractivity contribution is 6.30. The number of fused-ring (bicyclic) bond motifs is 1. The summed E-state index contributed by atoms with van der Waals surface area (Å²) in [6, 6.07) is 17.2. The number of carbonyl (C=O) groups excluding carboxylic acids is 2. The van der Waals surface area contributed by atoms with Crippen molar-refractivity contribution in [2.75, 3.05) is 47.5 Å². The topological polar surface area (TPSA) is 106 Å². The second-order valence-corrected chi connectivity index (χ2v) is 11.6. The van der Waals surface area contributed by atoms with E-state index in [0.717, 1.165) is 55.5 Å². The Morgan fingerprint density at radius 2 is 1.73 bits per heavy atom. The molecule has 1 aliphatic heterocycles. The summed E-state index contributed by atoms with van der Waals surface area (Å²) < 4.78 is 16.5. The molecule has 232 valence electrons. The number of rotatable bonds is 12. The number of hydrogen-bond donors (Lipinski definition) is 2. The maximum Gasteiger partial charge on any atom is 0.251 e. The van der Waals surface area contributed by atoms with Crippen LogP contribution in [0.4, 0.5) is 0 Å². The number of aromatic nitrogens is 2. The number of imidazole rings is 1. The number of amides is 1. The average molecular weight is 619 g/mol. The zero-order valence-corrected chi connectivity index (χ0v) is 26.4. The summed E-state index contributed by atoms with van der Waals surface area (Å²) >= 11 is 6.18. The monoisotopic (exact) mass is 618 g/mol. The highest BCUT2D eigenvalue weighted by Gasteiger charge is 2.28. The molecule has 3 aromatic carbocycles. The minimum absolute atomic E-state index is 0.0418. The number of likely N-dealkylation sites (tertiary alicyclic amines) is 1. The predicted molar refractivity (Wildman–Crippen MR) is 172 cm³/mol. The summed E-state index contributed by atoms with van der Waals surface area (Å²) in [5, 5.41) is 3.80. The quantitative estimate of drug-likeness (QED) is 0.186. The molecule has 0 saturated carbocycles. The standard InChI is InChI=1S/C34H39ClN4O5/c1-21-26(19-29(42-2)32(44-4)31(21)43-3)34(41)36-20-24(22-9-11-25(35)12-10-22)15-18-39-16-13-23(14-17-39)30(40)33-37-27-7-5-6-8-28(27)38-33/h5-12,19,23-24H,13-18,20H2,1-4H3,(H,36,41)(H,37,38). The number of ether oxygens (including phenoxy) is 3. The van der Waals surface area contributed by atoms with Gasteiger partial charge in [-0.25, -0.2) is 4.98 Å². The van der Waals surface area contributed by atoms with E-state index in [-0.39, 0.29) is 23.5 Å². The van der Waals surface area contributed by atoms with Gasteiger partial charge in [-0.3, -0.25) is 9.59 Å². The first-order valence-corrected chi connectivity index (χ1v) is 15.2. The Kier molecular flexibility index (Phi) is 10.1. The van der Waals surface area contributed by atoms with E-state index < -0.39 is 0 Å². The van der Waals surface area contributed by atoms with Crippen LogP contribution >= 0.6 is 11.6 Å². The fraction of sp³-hybridized carbons (Fsp3) is 0.382. The van der Waals surface area contributed by atoms with Crippen molar-refractivity contribution in [3.8, 4) is 17.2 Å². The largest absolute Gasteiger partial charge is 0.493 e. The maximum absolute atomic E-state index is 13.4. The molecule has 1 atom stereocenters. The normalized spacial score (nSPS) is 14.8. The number of ketones is 1. The van der Waals surface area contributed by atoms with E-state index in [1.807, 2.05) is 55.5 Å². The van der Waals surface area contributed by atoms with Gasteiger partial charge in [-0.05, 0) is 81.7 Å². The molecule has 9 nitrogen and oxygen atoms in total. The van der Waals surface area contributed by atoms with Crippen LogP contribution in [-0.2, 0) is 0 Å². The van der Waals surface area contributed by atoms with Crippen molar-refractivity contribution in [1.29, 1.82) is 0 Å². The lowest BCUT2D eigenvalue weighted by Gasteiger charge is -2.32. The minimum atomic E-state index is -0.217. The lowest BCUT2D eigenvalue weighted by atomic mass is 9.91. The van der Waals surface area contributed by atoms with Gasteiger partial charge in [0.15, 0.2) is 17.3 Å². The van der Waals surface area contributed by atoms with Gasteiger partial charge in [-0.1, -0.05) is 35.9 Å². The summed E-state index contributed by atoms with van der Waals surface area (Å²) in [7, 11) is 4.61. The van der Waals surface area contributed by atoms with Crippen LogP contribution in [0.2, 0.25) is 5.02 Å². The lowest BCUT2D eigenvalue weighted by molar-refractivity contribution is 0.0828. The molecule has 1 fully saturated rings. The Morgan fingerprint density at radius 3 is 2.39 bits per heavy atom. The molecule has 0 aliphatic carbocycles. The van der Waals surface area contributed by atoms with Crippen LogP contribution in [0, 0.1) is 12.8 Å². The molecular weight excluding hydrogens is 580 g/mol. The van der Waals surface area contributed by atoms with Crippen molar-refractivity contribution in [2.45, 2.75) is 32.1 Å². The van der Waals surface area contributed by atoms with Crippen LogP contribution in [-0.4, -0.2) is 74.1 Å². The smallest absolute Gasteiger partial charge is 0.251 e. The molecule has 1 amide bonds. The predicted octanol–water partition coefficient (Wildman–Crippen LogP) is 6.05. The zero-order chi connectivity index (χ0) is 31.2. The van der Waals surface area contributed by atoms with E-state index in [9.17, 15) is 9.59 Å². The number of piperidine rings is 1. The van der Waals surface area contributed by atoms with Crippen molar-refractivity contribution in [2.24, 2.45) is 5.92 Å². The molecule has 10 heteroatoms. The third kappa shape index (κ3) is 6.84. The van der Waals surface area contributed by atoms with Crippen molar-refractivity contribution >= 4 is 34.3 Å². The van der Waals surface area contributed by atoms with Gasteiger partial charge in [-0.15, -0.1) is 0 Å². The number of Topliss-reactive ketones (excluding diaryl/α,β-unsaturated/α-hetero) is 1. The first kappa shape index (κ1) is 31.3. The Labute approximate surface area is 262 Å². The van der Waals surface area contributed by atoms with Crippen LogP contribution in [0.25, 0.3) is 11.0 Å². The van der Waals surface area contributed by atoms with Crippen molar-refractivity contribution in [3.63, 3.8) is 0 Å². The molecule has 1 saturated heterocycles. The summed E-state index contributed by atoms with van der Waals surface area (Å²) in [5.74, 6) is 1.69. The summed E-state index contributed by atoms with van der Waals surface area (Å²) in [6.07, 6.45) is 2.41. The van der Waals surface area contributed by atoms with Crippen LogP contribution in [0.3, 0.4) is 0 Å². The number of H-pyrrole nitrogens is 1. The van der Waals surface area contributed by atoms with Gasteiger partial charge >= 0.3 is 0 Å². The molecule has 1 aliphatic rings. The molecule has 2 N–H and O–H groups in total. The van der Waals surface area contributed by atoms with Crippen LogP contribution in [0.1, 0.15) is 57.3 Å². The second kappa shape index (κ2) is 14.1. The number of para-hydroxylation sites is 2. The molecule has 1 unspecified atom stereocenters. The fourth-order valence-electron chi connectivity index (χ4n) is 5.99. The summed E-state index contributed by atoms with van der Waals surface area (Å²) in [4.78, 5) is 36.7. The third-order valence-electron chi connectivity index (χ3n) is 8.55. The minimum Gasteiger partial charge on any atom is -0.493 e. The van der Waals surface area contributed by atoms with Gasteiger partial charge in [0.05, 0.1) is 32.4 Å². The SMILES string of the molecule is COc1cc(C(=O)NCC(CCN2CCC(C(=O)c3nc4ccccc4[nH]3)CC2)c2ccc(Cl)cc2)c(C)c(OC)c1OC. The molecule has 0 bridgehead atoms. The average Bonchev–Trinajstić information content (AvgIpc) is 3.49. The second-order valence-electron chi connectivity index (χ2n) is 11.1. The molecule has 44 heavy (non-hydrogen) atoms. The van der Waals surface area contributed by atoms with E-state index in [1.54, 1.807) is 13.2 Å². The molecule has 0 radical (unpaired) electrons. The van der Waals surface area contributed by atoms with Crippen LogP contribution < -0.4 is 19.5 Å². The number of benzene rings is 3. The highest BCUT2D eigenvalue weighted by Crippen LogP contribution is 2.41. The number of hydrogen-bond acceptors (Lipinski definition) is 7. The zero-order valence-electron chi connectivity index (χ0n) is 25.6. The highest BCUT2D eigenvalue weighted by atomic mass is 35.5. The van der Waals surface area contributed by atoms with E-state index in [1.165, 1.54) is 14.2 Å². The van der Waals surface area contributed by atoms with Crippen molar-refractivity contribution in [3.05, 3.63) is 82.1 Å².